The Hall–Kier alpha value is -1.36. The van der Waals surface area contributed by atoms with Crippen LogP contribution >= 0.6 is 0 Å². The van der Waals surface area contributed by atoms with Gasteiger partial charge in [-0.1, -0.05) is 6.58 Å². The van der Waals surface area contributed by atoms with Crippen molar-refractivity contribution in [2.75, 3.05) is 0 Å². The molecule has 0 fully saturated rings. The lowest BCUT2D eigenvalue weighted by Gasteiger charge is -2.03. The molecule has 0 rings (SSSR count). The number of carboxylic acids is 2. The zero-order valence-electron chi connectivity index (χ0n) is 5.65. The van der Waals surface area contributed by atoms with Gasteiger partial charge < -0.3 is 15.3 Å². The molecule has 0 heterocycles. The van der Waals surface area contributed by atoms with Crippen molar-refractivity contribution in [3.8, 4) is 0 Å². The fraction of sp³-hybridized carbons (Fsp3) is 0.333. The Balaban J connectivity index is 3.95. The van der Waals surface area contributed by atoms with Crippen molar-refractivity contribution in [1.82, 2.24) is 0 Å². The summed E-state index contributed by atoms with van der Waals surface area (Å²) >= 11 is 0. The number of rotatable bonds is 4. The summed E-state index contributed by atoms with van der Waals surface area (Å²) in [4.78, 5) is 20.0. The quantitative estimate of drug-likeness (QED) is 0.480. The van der Waals surface area contributed by atoms with Crippen LogP contribution in [-0.4, -0.2) is 33.4 Å². The van der Waals surface area contributed by atoms with Gasteiger partial charge in [0.25, 0.3) is 0 Å². The molecule has 1 unspecified atom stereocenters. The molecule has 3 N–H and O–H groups in total. The number of aliphatic hydroxyl groups excluding tert-OH is 1. The fourth-order valence-corrected chi connectivity index (χ4v) is 0.408. The van der Waals surface area contributed by atoms with E-state index in [1.54, 1.807) is 0 Å². The van der Waals surface area contributed by atoms with Crippen LogP contribution < -0.4 is 0 Å². The van der Waals surface area contributed by atoms with Crippen LogP contribution in [0.4, 0.5) is 0 Å². The Kier molecular flexibility index (Phi) is 3.26. The Morgan fingerprint density at radius 1 is 1.36 bits per heavy atom. The SMILES string of the molecule is C=C(CC(O)C(=O)O)C(=O)O. The fourth-order valence-electron chi connectivity index (χ4n) is 0.408. The van der Waals surface area contributed by atoms with Gasteiger partial charge in [0.2, 0.25) is 0 Å². The highest BCUT2D eigenvalue weighted by molar-refractivity contribution is 5.87. The van der Waals surface area contributed by atoms with E-state index in [0.717, 1.165) is 0 Å². The van der Waals surface area contributed by atoms with Crippen LogP contribution in [0.15, 0.2) is 12.2 Å². The molecule has 62 valence electrons. The number of aliphatic carboxylic acids is 2. The summed E-state index contributed by atoms with van der Waals surface area (Å²) in [5.41, 5.74) is -0.320. The highest BCUT2D eigenvalue weighted by Gasteiger charge is 2.17. The van der Waals surface area contributed by atoms with E-state index in [1.165, 1.54) is 0 Å². The summed E-state index contributed by atoms with van der Waals surface area (Å²) in [6.45, 7) is 3.05. The summed E-state index contributed by atoms with van der Waals surface area (Å²) in [7, 11) is 0. The lowest BCUT2D eigenvalue weighted by molar-refractivity contribution is -0.146. The molecule has 0 aliphatic heterocycles. The second kappa shape index (κ2) is 3.72. The maximum atomic E-state index is 10.1. The van der Waals surface area contributed by atoms with E-state index < -0.39 is 24.5 Å². The molecule has 0 bridgehead atoms. The van der Waals surface area contributed by atoms with Crippen molar-refractivity contribution in [3.05, 3.63) is 12.2 Å². The minimum atomic E-state index is -1.68. The number of aliphatic hydroxyl groups is 1. The lowest BCUT2D eigenvalue weighted by atomic mass is 10.1. The van der Waals surface area contributed by atoms with Crippen molar-refractivity contribution in [1.29, 1.82) is 0 Å². The van der Waals surface area contributed by atoms with Gasteiger partial charge in [-0.2, -0.15) is 0 Å². The zero-order chi connectivity index (χ0) is 9.02. The molecule has 5 nitrogen and oxygen atoms in total. The van der Waals surface area contributed by atoms with E-state index in [1.807, 2.05) is 0 Å². The first-order valence-corrected chi connectivity index (χ1v) is 2.77. The molecular weight excluding hydrogens is 152 g/mol. The largest absolute Gasteiger partial charge is 0.479 e. The third-order valence-electron chi connectivity index (χ3n) is 1.03. The topological polar surface area (TPSA) is 94.8 Å². The summed E-state index contributed by atoms with van der Waals surface area (Å²) in [5.74, 6) is -2.75. The van der Waals surface area contributed by atoms with Gasteiger partial charge in [0.05, 0.1) is 0 Å². The van der Waals surface area contributed by atoms with Crippen LogP contribution in [0.2, 0.25) is 0 Å². The Bertz CT molecular complexity index is 195. The standard InChI is InChI=1S/C6H8O5/c1-3(5(8)9)2-4(7)6(10)11/h4,7H,1-2H2,(H,8,9)(H,10,11). The van der Waals surface area contributed by atoms with E-state index >= 15 is 0 Å². The van der Waals surface area contributed by atoms with Crippen molar-refractivity contribution in [2.45, 2.75) is 12.5 Å². The number of carbonyl (C=O) groups is 2. The van der Waals surface area contributed by atoms with Gasteiger partial charge in [-0.05, 0) is 0 Å². The van der Waals surface area contributed by atoms with E-state index in [-0.39, 0.29) is 5.57 Å². The van der Waals surface area contributed by atoms with Crippen molar-refractivity contribution in [2.24, 2.45) is 0 Å². The summed E-state index contributed by atoms with van der Waals surface area (Å²) in [5, 5.41) is 25.0. The van der Waals surface area contributed by atoms with Crippen LogP contribution in [0.25, 0.3) is 0 Å². The van der Waals surface area contributed by atoms with Crippen LogP contribution in [0.1, 0.15) is 6.42 Å². The Morgan fingerprint density at radius 2 is 1.82 bits per heavy atom. The maximum absolute atomic E-state index is 10.1. The van der Waals surface area contributed by atoms with Gasteiger partial charge in [0, 0.05) is 12.0 Å². The van der Waals surface area contributed by atoms with Crippen molar-refractivity contribution >= 4 is 11.9 Å². The third kappa shape index (κ3) is 3.36. The van der Waals surface area contributed by atoms with Crippen molar-refractivity contribution in [3.63, 3.8) is 0 Å². The maximum Gasteiger partial charge on any atom is 0.332 e. The van der Waals surface area contributed by atoms with Crippen LogP contribution in [0.3, 0.4) is 0 Å². The first-order chi connectivity index (χ1) is 4.95. The average Bonchev–Trinajstić information content (AvgIpc) is 1.87. The Labute approximate surface area is 62.6 Å². The lowest BCUT2D eigenvalue weighted by Crippen LogP contribution is -2.21. The molecule has 0 aliphatic rings. The molecule has 0 amide bonds. The van der Waals surface area contributed by atoms with Gasteiger partial charge in [-0.25, -0.2) is 9.59 Å². The molecule has 0 aromatic heterocycles. The minimum Gasteiger partial charge on any atom is -0.479 e. The number of hydrogen-bond acceptors (Lipinski definition) is 3. The third-order valence-corrected chi connectivity index (χ3v) is 1.03. The second-order valence-electron chi connectivity index (χ2n) is 1.97. The average molecular weight is 160 g/mol. The number of hydrogen-bond donors (Lipinski definition) is 3. The van der Waals surface area contributed by atoms with Gasteiger partial charge in [0.15, 0.2) is 6.10 Å². The van der Waals surface area contributed by atoms with E-state index in [4.69, 9.17) is 15.3 Å². The molecule has 0 saturated carbocycles. The molecule has 0 saturated heterocycles. The number of carboxylic acid groups (broad SMARTS) is 2. The summed E-state index contributed by atoms with van der Waals surface area (Å²) in [6, 6.07) is 0. The van der Waals surface area contributed by atoms with Crippen LogP contribution in [-0.2, 0) is 9.59 Å². The van der Waals surface area contributed by atoms with Crippen molar-refractivity contribution < 1.29 is 24.9 Å². The summed E-state index contributed by atoms with van der Waals surface area (Å²) in [6.07, 6.45) is -2.14. The first kappa shape index (κ1) is 9.64. The van der Waals surface area contributed by atoms with Gasteiger partial charge in [-0.3, -0.25) is 0 Å². The Morgan fingerprint density at radius 3 is 2.09 bits per heavy atom. The van der Waals surface area contributed by atoms with E-state index in [2.05, 4.69) is 6.58 Å². The van der Waals surface area contributed by atoms with Crippen LogP contribution in [0, 0.1) is 0 Å². The first-order valence-electron chi connectivity index (χ1n) is 2.77. The predicted molar refractivity (Wildman–Crippen MR) is 35.0 cm³/mol. The van der Waals surface area contributed by atoms with Gasteiger partial charge >= 0.3 is 11.9 Å². The molecule has 0 radical (unpaired) electrons. The summed E-state index contributed by atoms with van der Waals surface area (Å²) < 4.78 is 0. The smallest absolute Gasteiger partial charge is 0.332 e. The normalized spacial score (nSPS) is 12.1. The van der Waals surface area contributed by atoms with Crippen LogP contribution in [0.5, 0.6) is 0 Å². The molecule has 0 aliphatic carbocycles. The molecular formula is C6H8O5. The van der Waals surface area contributed by atoms with Gasteiger partial charge in [-0.15, -0.1) is 0 Å². The molecule has 1 atom stereocenters. The van der Waals surface area contributed by atoms with E-state index in [9.17, 15) is 9.59 Å². The minimum absolute atomic E-state index is 0.320. The zero-order valence-corrected chi connectivity index (χ0v) is 5.65. The molecule has 5 heteroatoms. The highest BCUT2D eigenvalue weighted by atomic mass is 16.4. The van der Waals surface area contributed by atoms with E-state index in [0.29, 0.717) is 0 Å². The molecule has 0 aromatic carbocycles. The molecule has 11 heavy (non-hydrogen) atoms. The molecule has 0 aromatic rings. The van der Waals surface area contributed by atoms with Gasteiger partial charge in [0.1, 0.15) is 0 Å². The predicted octanol–water partition coefficient (Wildman–Crippen LogP) is -0.537. The molecule has 0 spiro atoms. The second-order valence-corrected chi connectivity index (χ2v) is 1.97. The monoisotopic (exact) mass is 160 g/mol. The highest BCUT2D eigenvalue weighted by Crippen LogP contribution is 2.02.